The first kappa shape index (κ1) is 11.0. The minimum absolute atomic E-state index is 0.404. The van der Waals surface area contributed by atoms with Crippen LogP contribution in [-0.2, 0) is 4.74 Å². The van der Waals surface area contributed by atoms with Gasteiger partial charge in [-0.3, -0.25) is 0 Å². The van der Waals surface area contributed by atoms with Crippen molar-refractivity contribution in [3.63, 3.8) is 0 Å². The molecule has 0 aromatic heterocycles. The van der Waals surface area contributed by atoms with E-state index in [9.17, 15) is 5.11 Å². The number of ether oxygens (including phenoxy) is 1. The largest absolute Gasteiger partial charge is 0.391 e. The summed E-state index contributed by atoms with van der Waals surface area (Å²) >= 11 is 0. The zero-order valence-corrected chi connectivity index (χ0v) is 8.28. The first-order chi connectivity index (χ1) is 6.20. The van der Waals surface area contributed by atoms with Crippen LogP contribution in [0.3, 0.4) is 0 Å². The molecular formula is C10H20O3. The molecule has 1 rings (SSSR count). The second-order valence-corrected chi connectivity index (χ2v) is 3.87. The Kier molecular flexibility index (Phi) is 4.70. The Morgan fingerprint density at radius 2 is 2.23 bits per heavy atom. The molecule has 1 saturated heterocycles. The molecule has 3 unspecified atom stereocenters. The van der Waals surface area contributed by atoms with Crippen molar-refractivity contribution < 1.29 is 14.9 Å². The molecule has 3 atom stereocenters. The third kappa shape index (κ3) is 4.07. The minimum atomic E-state index is -0.607. The van der Waals surface area contributed by atoms with Gasteiger partial charge in [0.1, 0.15) is 0 Å². The fourth-order valence-electron chi connectivity index (χ4n) is 1.67. The fourth-order valence-corrected chi connectivity index (χ4v) is 1.67. The van der Waals surface area contributed by atoms with Crippen molar-refractivity contribution in [1.82, 2.24) is 0 Å². The van der Waals surface area contributed by atoms with Crippen LogP contribution < -0.4 is 0 Å². The van der Waals surface area contributed by atoms with Crippen molar-refractivity contribution in [2.75, 3.05) is 6.61 Å². The van der Waals surface area contributed by atoms with E-state index in [1.165, 1.54) is 6.42 Å². The molecule has 0 saturated carbocycles. The molecule has 3 heteroatoms. The van der Waals surface area contributed by atoms with Crippen LogP contribution in [0.15, 0.2) is 0 Å². The molecule has 0 bridgehead atoms. The van der Waals surface area contributed by atoms with Gasteiger partial charge < -0.3 is 14.9 Å². The smallest absolute Gasteiger partial charge is 0.0796 e. The minimum Gasteiger partial charge on any atom is -0.391 e. The molecule has 0 radical (unpaired) electrons. The summed E-state index contributed by atoms with van der Waals surface area (Å²) in [7, 11) is 0. The maximum atomic E-state index is 9.31. The first-order valence-corrected chi connectivity index (χ1v) is 5.18. The lowest BCUT2D eigenvalue weighted by molar-refractivity contribution is 0.0211. The van der Waals surface area contributed by atoms with E-state index in [0.29, 0.717) is 12.5 Å². The lowest BCUT2D eigenvalue weighted by Gasteiger charge is -2.14. The summed E-state index contributed by atoms with van der Waals surface area (Å²) in [6.45, 7) is 2.51. The van der Waals surface area contributed by atoms with Crippen molar-refractivity contribution in [1.29, 1.82) is 0 Å². The molecule has 0 aromatic carbocycles. The highest BCUT2D eigenvalue weighted by Crippen LogP contribution is 2.18. The number of hydrogen-bond acceptors (Lipinski definition) is 3. The number of rotatable bonds is 5. The second-order valence-electron chi connectivity index (χ2n) is 3.87. The van der Waals surface area contributed by atoms with Gasteiger partial charge in [0.25, 0.3) is 0 Å². The quantitative estimate of drug-likeness (QED) is 0.678. The summed E-state index contributed by atoms with van der Waals surface area (Å²) in [6.07, 6.45) is 4.19. The SMILES string of the molecule is CC(O)C(O)CCCC1CCCO1. The second kappa shape index (κ2) is 5.58. The van der Waals surface area contributed by atoms with Crippen LogP contribution in [0.4, 0.5) is 0 Å². The summed E-state index contributed by atoms with van der Waals surface area (Å²) in [4.78, 5) is 0. The van der Waals surface area contributed by atoms with Gasteiger partial charge in [-0.2, -0.15) is 0 Å². The normalized spacial score (nSPS) is 27.5. The third-order valence-electron chi connectivity index (χ3n) is 2.61. The van der Waals surface area contributed by atoms with E-state index in [2.05, 4.69) is 0 Å². The highest BCUT2D eigenvalue weighted by Gasteiger charge is 2.16. The summed E-state index contributed by atoms with van der Waals surface area (Å²) in [5.74, 6) is 0. The van der Waals surface area contributed by atoms with Crippen LogP contribution in [0.1, 0.15) is 39.0 Å². The van der Waals surface area contributed by atoms with Gasteiger partial charge in [0.05, 0.1) is 18.3 Å². The van der Waals surface area contributed by atoms with E-state index >= 15 is 0 Å². The summed E-state index contributed by atoms with van der Waals surface area (Å²) in [5, 5.41) is 18.3. The van der Waals surface area contributed by atoms with Gasteiger partial charge in [-0.25, -0.2) is 0 Å². The summed E-state index contributed by atoms with van der Waals surface area (Å²) < 4.78 is 5.45. The van der Waals surface area contributed by atoms with Gasteiger partial charge >= 0.3 is 0 Å². The lowest BCUT2D eigenvalue weighted by Crippen LogP contribution is -2.22. The van der Waals surface area contributed by atoms with E-state index in [-0.39, 0.29) is 0 Å². The van der Waals surface area contributed by atoms with E-state index in [1.807, 2.05) is 0 Å². The lowest BCUT2D eigenvalue weighted by atomic mass is 10.0. The predicted octanol–water partition coefficient (Wildman–Crippen LogP) is 1.08. The van der Waals surface area contributed by atoms with Gasteiger partial charge in [-0.15, -0.1) is 0 Å². The molecule has 2 N–H and O–H groups in total. The van der Waals surface area contributed by atoms with Crippen molar-refractivity contribution in [2.24, 2.45) is 0 Å². The maximum Gasteiger partial charge on any atom is 0.0796 e. The Labute approximate surface area is 79.7 Å². The maximum absolute atomic E-state index is 9.31. The van der Waals surface area contributed by atoms with Crippen molar-refractivity contribution in [3.8, 4) is 0 Å². The highest BCUT2D eigenvalue weighted by molar-refractivity contribution is 4.67. The standard InChI is InChI=1S/C10H20O3/c1-8(11)10(12)6-2-4-9-5-3-7-13-9/h8-12H,2-7H2,1H3. The highest BCUT2D eigenvalue weighted by atomic mass is 16.5. The zero-order valence-electron chi connectivity index (χ0n) is 8.28. The molecule has 0 aliphatic carbocycles. The summed E-state index contributed by atoms with van der Waals surface area (Å²) in [5.41, 5.74) is 0. The van der Waals surface area contributed by atoms with E-state index < -0.39 is 12.2 Å². The van der Waals surface area contributed by atoms with Crippen molar-refractivity contribution in [3.05, 3.63) is 0 Å². The van der Waals surface area contributed by atoms with Gasteiger partial charge in [0.15, 0.2) is 0 Å². The van der Waals surface area contributed by atoms with Gasteiger partial charge in [-0.1, -0.05) is 0 Å². The Morgan fingerprint density at radius 1 is 1.46 bits per heavy atom. The van der Waals surface area contributed by atoms with Crippen LogP contribution in [0.2, 0.25) is 0 Å². The van der Waals surface area contributed by atoms with Crippen LogP contribution >= 0.6 is 0 Å². The molecule has 1 aliphatic heterocycles. The molecular weight excluding hydrogens is 168 g/mol. The Morgan fingerprint density at radius 3 is 2.77 bits per heavy atom. The zero-order chi connectivity index (χ0) is 9.68. The Bertz CT molecular complexity index is 128. The average molecular weight is 188 g/mol. The predicted molar refractivity (Wildman–Crippen MR) is 50.5 cm³/mol. The van der Waals surface area contributed by atoms with E-state index in [1.54, 1.807) is 6.92 Å². The topological polar surface area (TPSA) is 49.7 Å². The van der Waals surface area contributed by atoms with Crippen molar-refractivity contribution in [2.45, 2.75) is 57.3 Å². The van der Waals surface area contributed by atoms with E-state index in [4.69, 9.17) is 9.84 Å². The van der Waals surface area contributed by atoms with Crippen molar-refractivity contribution >= 4 is 0 Å². The van der Waals surface area contributed by atoms with Gasteiger partial charge in [0, 0.05) is 6.61 Å². The number of aliphatic hydroxyl groups is 2. The summed E-state index contributed by atoms with van der Waals surface area (Å²) in [6, 6.07) is 0. The van der Waals surface area contributed by atoms with Crippen LogP contribution in [0.5, 0.6) is 0 Å². The molecule has 78 valence electrons. The van der Waals surface area contributed by atoms with Crippen LogP contribution in [0, 0.1) is 0 Å². The molecule has 0 spiro atoms. The first-order valence-electron chi connectivity index (χ1n) is 5.18. The average Bonchev–Trinajstić information content (AvgIpc) is 2.56. The molecule has 1 fully saturated rings. The third-order valence-corrected chi connectivity index (χ3v) is 2.61. The fraction of sp³-hybridized carbons (Fsp3) is 1.00. The molecule has 3 nitrogen and oxygen atoms in total. The van der Waals surface area contributed by atoms with Gasteiger partial charge in [-0.05, 0) is 39.0 Å². The number of hydrogen-bond donors (Lipinski definition) is 2. The van der Waals surface area contributed by atoms with Crippen LogP contribution in [-0.4, -0.2) is 35.1 Å². The Hall–Kier alpha value is -0.120. The molecule has 1 aliphatic rings. The monoisotopic (exact) mass is 188 g/mol. The van der Waals surface area contributed by atoms with E-state index in [0.717, 1.165) is 25.9 Å². The molecule has 0 amide bonds. The van der Waals surface area contributed by atoms with Gasteiger partial charge in [0.2, 0.25) is 0 Å². The number of aliphatic hydroxyl groups excluding tert-OH is 2. The molecule has 0 aromatic rings. The van der Waals surface area contributed by atoms with Crippen LogP contribution in [0.25, 0.3) is 0 Å². The molecule has 1 heterocycles. The molecule has 13 heavy (non-hydrogen) atoms. The Balaban J connectivity index is 1.99.